The topological polar surface area (TPSA) is 66.4 Å². The molecule has 0 radical (unpaired) electrons. The molecule has 0 aliphatic heterocycles. The van der Waals surface area contributed by atoms with Gasteiger partial charge in [-0.25, -0.2) is 0 Å². The van der Waals surface area contributed by atoms with Crippen LogP contribution in [-0.2, 0) is 15.8 Å². The van der Waals surface area contributed by atoms with Crippen LogP contribution in [0.25, 0.3) is 0 Å². The largest absolute Gasteiger partial charge is 0.481 e. The minimum atomic E-state index is -4.42. The fourth-order valence-electron chi connectivity index (χ4n) is 1.19. The molecule has 18 heavy (non-hydrogen) atoms. The van der Waals surface area contributed by atoms with Crippen molar-refractivity contribution in [3.8, 4) is 0 Å². The van der Waals surface area contributed by atoms with Crippen molar-refractivity contribution in [3.63, 3.8) is 0 Å². The van der Waals surface area contributed by atoms with Crippen molar-refractivity contribution in [2.75, 3.05) is 5.32 Å². The van der Waals surface area contributed by atoms with Crippen LogP contribution in [0.5, 0.6) is 0 Å². The van der Waals surface area contributed by atoms with Gasteiger partial charge in [0.1, 0.15) is 0 Å². The molecule has 0 heterocycles. The third-order valence-corrected chi connectivity index (χ3v) is 2.06. The number of carbonyl (C=O) groups is 2. The van der Waals surface area contributed by atoms with Gasteiger partial charge in [0.2, 0.25) is 5.91 Å². The standard InChI is InChI=1S/C11H10F3NO3/c12-11(13,14)7-1-3-8(4-2-7)15-9(16)5-6-10(17)18/h1-4H,5-6H2,(H,15,16)(H,17,18). The van der Waals surface area contributed by atoms with Crippen LogP contribution in [0, 0.1) is 0 Å². The number of anilines is 1. The van der Waals surface area contributed by atoms with E-state index in [1.165, 1.54) is 0 Å². The van der Waals surface area contributed by atoms with Gasteiger partial charge in [0.15, 0.2) is 0 Å². The summed E-state index contributed by atoms with van der Waals surface area (Å²) in [5.41, 5.74) is -0.621. The molecule has 98 valence electrons. The Morgan fingerprint density at radius 1 is 1.11 bits per heavy atom. The SMILES string of the molecule is O=C(O)CCC(=O)Nc1ccc(C(F)(F)F)cc1. The smallest absolute Gasteiger partial charge is 0.416 e. The van der Waals surface area contributed by atoms with Crippen LogP contribution in [0.4, 0.5) is 18.9 Å². The third kappa shape index (κ3) is 4.44. The van der Waals surface area contributed by atoms with E-state index >= 15 is 0 Å². The van der Waals surface area contributed by atoms with Crippen molar-refractivity contribution >= 4 is 17.6 Å². The Labute approximate surface area is 100 Å². The second-order valence-electron chi connectivity index (χ2n) is 3.52. The number of hydrogen-bond donors (Lipinski definition) is 2. The van der Waals surface area contributed by atoms with E-state index in [1.807, 2.05) is 0 Å². The van der Waals surface area contributed by atoms with Crippen molar-refractivity contribution in [1.82, 2.24) is 0 Å². The normalized spacial score (nSPS) is 11.1. The summed E-state index contributed by atoms with van der Waals surface area (Å²) in [6.07, 6.45) is -4.98. The van der Waals surface area contributed by atoms with E-state index in [1.54, 1.807) is 0 Å². The highest BCUT2D eigenvalue weighted by Crippen LogP contribution is 2.29. The first-order valence-corrected chi connectivity index (χ1v) is 4.98. The average Bonchev–Trinajstić information content (AvgIpc) is 2.26. The molecule has 2 N–H and O–H groups in total. The van der Waals surface area contributed by atoms with Crippen LogP contribution in [0.3, 0.4) is 0 Å². The van der Waals surface area contributed by atoms with Gasteiger partial charge in [-0.3, -0.25) is 9.59 Å². The first-order chi connectivity index (χ1) is 8.29. The van der Waals surface area contributed by atoms with Gasteiger partial charge in [-0.15, -0.1) is 0 Å². The summed E-state index contributed by atoms with van der Waals surface area (Å²) >= 11 is 0. The molecule has 0 aliphatic rings. The summed E-state index contributed by atoms with van der Waals surface area (Å²) in [6.45, 7) is 0. The summed E-state index contributed by atoms with van der Waals surface area (Å²) in [5.74, 6) is -1.67. The summed E-state index contributed by atoms with van der Waals surface area (Å²) < 4.78 is 36.7. The van der Waals surface area contributed by atoms with Crippen LogP contribution in [0.1, 0.15) is 18.4 Å². The van der Waals surface area contributed by atoms with Crippen LogP contribution < -0.4 is 5.32 Å². The Kier molecular flexibility index (Phi) is 4.30. The summed E-state index contributed by atoms with van der Waals surface area (Å²) in [7, 11) is 0. The van der Waals surface area contributed by atoms with E-state index in [9.17, 15) is 22.8 Å². The van der Waals surface area contributed by atoms with E-state index in [-0.39, 0.29) is 18.5 Å². The first-order valence-electron chi connectivity index (χ1n) is 4.98. The third-order valence-electron chi connectivity index (χ3n) is 2.06. The zero-order valence-corrected chi connectivity index (χ0v) is 9.12. The minimum Gasteiger partial charge on any atom is -0.481 e. The Morgan fingerprint density at radius 3 is 2.11 bits per heavy atom. The average molecular weight is 261 g/mol. The minimum absolute atomic E-state index is 0.193. The maximum Gasteiger partial charge on any atom is 0.416 e. The number of benzene rings is 1. The number of carbonyl (C=O) groups excluding carboxylic acids is 1. The molecular weight excluding hydrogens is 251 g/mol. The number of amides is 1. The van der Waals surface area contributed by atoms with Crippen molar-refractivity contribution in [1.29, 1.82) is 0 Å². The Balaban J connectivity index is 2.59. The van der Waals surface area contributed by atoms with Crippen molar-refractivity contribution < 1.29 is 27.9 Å². The van der Waals surface area contributed by atoms with Gasteiger partial charge in [-0.05, 0) is 24.3 Å². The molecule has 1 aromatic carbocycles. The number of carboxylic acids is 1. The number of alkyl halides is 3. The molecule has 0 unspecified atom stereocenters. The quantitative estimate of drug-likeness (QED) is 0.875. The molecule has 0 saturated carbocycles. The number of nitrogens with one attached hydrogen (secondary N) is 1. The molecular formula is C11H10F3NO3. The number of hydrogen-bond acceptors (Lipinski definition) is 2. The number of halogens is 3. The summed E-state index contributed by atoms with van der Waals surface area (Å²) in [4.78, 5) is 21.4. The molecule has 1 aromatic rings. The van der Waals surface area contributed by atoms with Crippen molar-refractivity contribution in [3.05, 3.63) is 29.8 Å². The molecule has 0 aromatic heterocycles. The molecule has 1 rings (SSSR count). The monoisotopic (exact) mass is 261 g/mol. The second kappa shape index (κ2) is 5.52. The molecule has 0 aliphatic carbocycles. The van der Waals surface area contributed by atoms with Gasteiger partial charge in [0, 0.05) is 12.1 Å². The van der Waals surface area contributed by atoms with E-state index < -0.39 is 23.6 Å². The maximum atomic E-state index is 12.2. The highest BCUT2D eigenvalue weighted by atomic mass is 19.4. The number of rotatable bonds is 4. The molecule has 0 spiro atoms. The molecule has 7 heteroatoms. The van der Waals surface area contributed by atoms with Crippen molar-refractivity contribution in [2.45, 2.75) is 19.0 Å². The molecule has 4 nitrogen and oxygen atoms in total. The van der Waals surface area contributed by atoms with Gasteiger partial charge in [0.05, 0.1) is 12.0 Å². The van der Waals surface area contributed by atoms with Gasteiger partial charge >= 0.3 is 12.1 Å². The predicted molar refractivity (Wildman–Crippen MR) is 56.9 cm³/mol. The Hall–Kier alpha value is -2.05. The van der Waals surface area contributed by atoms with E-state index in [0.717, 1.165) is 24.3 Å². The van der Waals surface area contributed by atoms with Gasteiger partial charge in [0.25, 0.3) is 0 Å². The van der Waals surface area contributed by atoms with Gasteiger partial charge < -0.3 is 10.4 Å². The zero-order chi connectivity index (χ0) is 13.8. The van der Waals surface area contributed by atoms with E-state index in [0.29, 0.717) is 0 Å². The van der Waals surface area contributed by atoms with E-state index in [4.69, 9.17) is 5.11 Å². The van der Waals surface area contributed by atoms with E-state index in [2.05, 4.69) is 5.32 Å². The molecule has 0 saturated heterocycles. The van der Waals surface area contributed by atoms with Crippen LogP contribution in [0.2, 0.25) is 0 Å². The van der Waals surface area contributed by atoms with Crippen molar-refractivity contribution in [2.24, 2.45) is 0 Å². The zero-order valence-electron chi connectivity index (χ0n) is 9.12. The molecule has 0 fully saturated rings. The Bertz CT molecular complexity index is 440. The molecule has 1 amide bonds. The lowest BCUT2D eigenvalue weighted by atomic mass is 10.2. The lowest BCUT2D eigenvalue weighted by Gasteiger charge is -2.08. The predicted octanol–water partition coefficient (Wildman–Crippen LogP) is 2.51. The van der Waals surface area contributed by atoms with Gasteiger partial charge in [-0.2, -0.15) is 13.2 Å². The fourth-order valence-corrected chi connectivity index (χ4v) is 1.19. The lowest BCUT2D eigenvalue weighted by molar-refractivity contribution is -0.138. The summed E-state index contributed by atoms with van der Waals surface area (Å²) in [6, 6.07) is 3.91. The fraction of sp³-hybridized carbons (Fsp3) is 0.273. The molecule has 0 bridgehead atoms. The van der Waals surface area contributed by atoms with Gasteiger partial charge in [-0.1, -0.05) is 0 Å². The lowest BCUT2D eigenvalue weighted by Crippen LogP contribution is -2.13. The number of carboxylic acid groups (broad SMARTS) is 1. The second-order valence-corrected chi connectivity index (χ2v) is 3.52. The first kappa shape index (κ1) is 14.0. The van der Waals surface area contributed by atoms with Crippen LogP contribution in [-0.4, -0.2) is 17.0 Å². The van der Waals surface area contributed by atoms with Crippen LogP contribution in [0.15, 0.2) is 24.3 Å². The Morgan fingerprint density at radius 2 is 1.67 bits per heavy atom. The summed E-state index contributed by atoms with van der Waals surface area (Å²) in [5, 5.41) is 10.7. The van der Waals surface area contributed by atoms with Crippen LogP contribution >= 0.6 is 0 Å². The molecule has 0 atom stereocenters. The number of aliphatic carboxylic acids is 1. The highest BCUT2D eigenvalue weighted by Gasteiger charge is 2.29. The highest BCUT2D eigenvalue weighted by molar-refractivity contribution is 5.92. The maximum absolute atomic E-state index is 12.2.